The van der Waals surface area contributed by atoms with E-state index in [1.807, 2.05) is 37.3 Å². The highest BCUT2D eigenvalue weighted by molar-refractivity contribution is 14.0. The zero-order valence-corrected chi connectivity index (χ0v) is 18.4. The Kier molecular flexibility index (Phi) is 9.92. The van der Waals surface area contributed by atoms with E-state index in [-0.39, 0.29) is 35.9 Å². The number of ether oxygens (including phenoxy) is 2. The maximum atomic E-state index is 13.6. The third-order valence-electron chi connectivity index (χ3n) is 3.87. The molecule has 0 heterocycles. The number of aliphatic imine (C=N–C) groups is 1. The molecule has 0 fully saturated rings. The fourth-order valence-electron chi connectivity index (χ4n) is 2.37. The molecule has 0 aliphatic rings. The van der Waals surface area contributed by atoms with E-state index in [1.165, 1.54) is 6.07 Å². The van der Waals surface area contributed by atoms with Gasteiger partial charge in [-0.05, 0) is 43.2 Å². The zero-order chi connectivity index (χ0) is 18.9. The first-order chi connectivity index (χ1) is 12.5. The first kappa shape index (κ1) is 23.0. The molecule has 0 aliphatic carbocycles. The summed E-state index contributed by atoms with van der Waals surface area (Å²) in [7, 11) is 3.31. The van der Waals surface area contributed by atoms with Gasteiger partial charge >= 0.3 is 0 Å². The van der Waals surface area contributed by atoms with Gasteiger partial charge < -0.3 is 20.1 Å². The second-order valence-electron chi connectivity index (χ2n) is 5.97. The van der Waals surface area contributed by atoms with E-state index < -0.39 is 0 Å². The first-order valence-corrected chi connectivity index (χ1v) is 8.52. The van der Waals surface area contributed by atoms with Crippen molar-refractivity contribution in [3.63, 3.8) is 0 Å². The van der Waals surface area contributed by atoms with Gasteiger partial charge in [0.2, 0.25) is 0 Å². The summed E-state index contributed by atoms with van der Waals surface area (Å²) in [6.45, 7) is 4.75. The summed E-state index contributed by atoms with van der Waals surface area (Å²) in [5.41, 5.74) is 1.49. The van der Waals surface area contributed by atoms with Gasteiger partial charge in [-0.2, -0.15) is 0 Å². The largest absolute Gasteiger partial charge is 0.493 e. The number of halogens is 2. The van der Waals surface area contributed by atoms with Crippen LogP contribution in [0.3, 0.4) is 0 Å². The molecule has 0 saturated carbocycles. The lowest BCUT2D eigenvalue weighted by atomic mass is 10.1. The van der Waals surface area contributed by atoms with Crippen LogP contribution >= 0.6 is 24.0 Å². The highest BCUT2D eigenvalue weighted by Crippen LogP contribution is 2.26. The molecule has 1 unspecified atom stereocenters. The van der Waals surface area contributed by atoms with Crippen LogP contribution < -0.4 is 20.1 Å². The molecule has 0 amide bonds. The minimum Gasteiger partial charge on any atom is -0.493 e. The number of para-hydroxylation sites is 2. The van der Waals surface area contributed by atoms with Crippen molar-refractivity contribution < 1.29 is 13.9 Å². The van der Waals surface area contributed by atoms with E-state index in [2.05, 4.69) is 15.6 Å². The van der Waals surface area contributed by atoms with Crippen molar-refractivity contribution in [2.45, 2.75) is 26.5 Å². The summed E-state index contributed by atoms with van der Waals surface area (Å²) in [4.78, 5) is 4.18. The van der Waals surface area contributed by atoms with Gasteiger partial charge in [0, 0.05) is 13.6 Å². The second-order valence-corrected chi connectivity index (χ2v) is 5.97. The van der Waals surface area contributed by atoms with Gasteiger partial charge in [-0.15, -0.1) is 24.0 Å². The Bertz CT molecular complexity index is 756. The highest BCUT2D eigenvalue weighted by atomic mass is 127. The normalized spacial score (nSPS) is 12.0. The highest BCUT2D eigenvalue weighted by Gasteiger charge is 2.09. The van der Waals surface area contributed by atoms with E-state index in [9.17, 15) is 4.39 Å². The van der Waals surface area contributed by atoms with Crippen LogP contribution in [0.15, 0.2) is 47.5 Å². The molecule has 148 valence electrons. The average Bonchev–Trinajstić information content (AvgIpc) is 2.65. The number of hydrogen-bond acceptors (Lipinski definition) is 3. The summed E-state index contributed by atoms with van der Waals surface area (Å²) >= 11 is 0. The molecule has 0 saturated heterocycles. The summed E-state index contributed by atoms with van der Waals surface area (Å²) in [6.07, 6.45) is -0.0957. The molecule has 7 heteroatoms. The van der Waals surface area contributed by atoms with E-state index >= 15 is 0 Å². The molecule has 0 aromatic heterocycles. The van der Waals surface area contributed by atoms with E-state index in [1.54, 1.807) is 27.1 Å². The Hall–Kier alpha value is -2.03. The molecule has 0 spiro atoms. The minimum atomic E-state index is -0.203. The van der Waals surface area contributed by atoms with Crippen molar-refractivity contribution >= 4 is 29.9 Å². The molecule has 2 aromatic carbocycles. The zero-order valence-electron chi connectivity index (χ0n) is 16.1. The number of methoxy groups -OCH3 is 1. The SMILES string of the molecule is CN=C(NCc1ccc(C)c(F)c1)NCC(C)Oc1ccccc1OC.I. The summed E-state index contributed by atoms with van der Waals surface area (Å²) in [5, 5.41) is 6.37. The summed E-state index contributed by atoms with van der Waals surface area (Å²) in [6, 6.07) is 12.7. The molecule has 2 aromatic rings. The van der Waals surface area contributed by atoms with Crippen molar-refractivity contribution in [1.82, 2.24) is 10.6 Å². The Labute approximate surface area is 177 Å². The van der Waals surface area contributed by atoms with Crippen LogP contribution in [0.1, 0.15) is 18.1 Å². The van der Waals surface area contributed by atoms with E-state index in [4.69, 9.17) is 9.47 Å². The number of nitrogens with zero attached hydrogens (tertiary/aromatic N) is 1. The third kappa shape index (κ3) is 7.24. The maximum Gasteiger partial charge on any atom is 0.191 e. The fourth-order valence-corrected chi connectivity index (χ4v) is 2.37. The molecule has 0 aliphatic heterocycles. The van der Waals surface area contributed by atoms with E-state index in [0.717, 1.165) is 5.56 Å². The molecular formula is C20H27FIN3O2. The van der Waals surface area contributed by atoms with Crippen molar-refractivity contribution in [2.75, 3.05) is 20.7 Å². The Balaban J connectivity index is 0.00000364. The van der Waals surface area contributed by atoms with Crippen LogP contribution in [-0.2, 0) is 6.54 Å². The predicted molar refractivity (Wildman–Crippen MR) is 118 cm³/mol. The van der Waals surface area contributed by atoms with Gasteiger partial charge in [0.05, 0.1) is 13.7 Å². The minimum absolute atomic E-state index is 0. The van der Waals surface area contributed by atoms with Crippen molar-refractivity contribution in [2.24, 2.45) is 4.99 Å². The maximum absolute atomic E-state index is 13.6. The topological polar surface area (TPSA) is 54.9 Å². The van der Waals surface area contributed by atoms with Crippen LogP contribution in [0.25, 0.3) is 0 Å². The number of hydrogen-bond donors (Lipinski definition) is 2. The van der Waals surface area contributed by atoms with Crippen molar-refractivity contribution in [3.05, 3.63) is 59.4 Å². The average molecular weight is 487 g/mol. The predicted octanol–water partition coefficient (Wildman–Crippen LogP) is 3.89. The number of aryl methyl sites for hydroxylation is 1. The molecule has 2 rings (SSSR count). The lowest BCUT2D eigenvalue weighted by Gasteiger charge is -2.19. The molecule has 0 radical (unpaired) electrons. The lowest BCUT2D eigenvalue weighted by Crippen LogP contribution is -2.41. The number of nitrogens with one attached hydrogen (secondary N) is 2. The number of guanidine groups is 1. The van der Waals surface area contributed by atoms with Gasteiger partial charge in [0.15, 0.2) is 17.5 Å². The fraction of sp³-hybridized carbons (Fsp3) is 0.350. The number of benzene rings is 2. The van der Waals surface area contributed by atoms with Gasteiger partial charge in [-0.25, -0.2) is 4.39 Å². The molecular weight excluding hydrogens is 460 g/mol. The van der Waals surface area contributed by atoms with Gasteiger partial charge in [-0.1, -0.05) is 24.3 Å². The van der Waals surface area contributed by atoms with Crippen LogP contribution in [-0.4, -0.2) is 32.8 Å². The second kappa shape index (κ2) is 11.6. The van der Waals surface area contributed by atoms with Gasteiger partial charge in [0.25, 0.3) is 0 Å². The molecule has 5 nitrogen and oxygen atoms in total. The monoisotopic (exact) mass is 487 g/mol. The number of rotatable bonds is 7. The smallest absolute Gasteiger partial charge is 0.191 e. The van der Waals surface area contributed by atoms with Crippen molar-refractivity contribution in [1.29, 1.82) is 0 Å². The van der Waals surface area contributed by atoms with Crippen LogP contribution in [0.4, 0.5) is 4.39 Å². The summed E-state index contributed by atoms with van der Waals surface area (Å²) in [5.74, 6) is 1.82. The van der Waals surface area contributed by atoms with Crippen LogP contribution in [0.2, 0.25) is 0 Å². The van der Waals surface area contributed by atoms with Crippen LogP contribution in [0, 0.1) is 12.7 Å². The van der Waals surface area contributed by atoms with Gasteiger partial charge in [0.1, 0.15) is 11.9 Å². The molecule has 27 heavy (non-hydrogen) atoms. The third-order valence-corrected chi connectivity index (χ3v) is 3.87. The standard InChI is InChI=1S/C20H26FN3O2.HI/c1-14-9-10-16(11-17(14)21)13-24-20(22-3)23-12-15(2)26-19-8-6-5-7-18(19)25-4;/h5-11,15H,12-13H2,1-4H3,(H2,22,23,24);1H. The lowest BCUT2D eigenvalue weighted by molar-refractivity contribution is 0.213. The van der Waals surface area contributed by atoms with Crippen molar-refractivity contribution in [3.8, 4) is 11.5 Å². The van der Waals surface area contributed by atoms with E-state index in [0.29, 0.717) is 36.1 Å². The molecule has 1 atom stereocenters. The molecule has 0 bridgehead atoms. The van der Waals surface area contributed by atoms with Crippen LogP contribution in [0.5, 0.6) is 11.5 Å². The summed E-state index contributed by atoms with van der Waals surface area (Å²) < 4.78 is 24.8. The Morgan fingerprint density at radius 3 is 2.48 bits per heavy atom. The Morgan fingerprint density at radius 2 is 1.85 bits per heavy atom. The van der Waals surface area contributed by atoms with Gasteiger partial charge in [-0.3, -0.25) is 4.99 Å². The quantitative estimate of drug-likeness (QED) is 0.354. The first-order valence-electron chi connectivity index (χ1n) is 8.52. The Morgan fingerprint density at radius 1 is 1.15 bits per heavy atom. The molecule has 2 N–H and O–H groups in total.